The summed E-state index contributed by atoms with van der Waals surface area (Å²) in [5, 5.41) is 23.0. The van der Waals surface area contributed by atoms with Crippen molar-refractivity contribution in [2.75, 3.05) is 6.54 Å². The number of phenolic OH excluding ortho intramolecular Hbond substituents is 1. The number of nitrogens with one attached hydrogen (secondary N) is 1. The molecule has 0 bridgehead atoms. The van der Waals surface area contributed by atoms with Gasteiger partial charge in [0.25, 0.3) is 11.8 Å². The molecule has 2 amide bonds. The van der Waals surface area contributed by atoms with Crippen LogP contribution < -0.4 is 5.32 Å². The maximum absolute atomic E-state index is 12.3. The largest absolute Gasteiger partial charge is 0.502 e. The number of benzene rings is 1. The summed E-state index contributed by atoms with van der Waals surface area (Å²) in [6.07, 6.45) is 2.52. The number of carbonyl (C=O) groups excluding carboxylic acids is 2. The first-order valence-corrected chi connectivity index (χ1v) is 6.73. The number of carbonyl (C=O) groups is 2. The van der Waals surface area contributed by atoms with Gasteiger partial charge in [-0.3, -0.25) is 29.9 Å². The zero-order valence-corrected chi connectivity index (χ0v) is 12.5. The van der Waals surface area contributed by atoms with Crippen molar-refractivity contribution in [3.63, 3.8) is 0 Å². The highest BCUT2D eigenvalue weighted by atomic mass is 32.1. The molecule has 1 aliphatic rings. The van der Waals surface area contributed by atoms with E-state index in [1.807, 2.05) is 0 Å². The van der Waals surface area contributed by atoms with E-state index in [-0.39, 0.29) is 22.8 Å². The maximum Gasteiger partial charge on any atom is 0.311 e. The number of hydrogen-bond acceptors (Lipinski definition) is 6. The number of nitrogens with zero attached hydrogens (tertiary/aromatic N) is 2. The van der Waals surface area contributed by atoms with Gasteiger partial charge in [0.15, 0.2) is 5.11 Å². The van der Waals surface area contributed by atoms with E-state index in [0.29, 0.717) is 0 Å². The Morgan fingerprint density at radius 2 is 2.13 bits per heavy atom. The first-order valence-electron chi connectivity index (χ1n) is 6.33. The lowest BCUT2D eigenvalue weighted by molar-refractivity contribution is -0.385. The van der Waals surface area contributed by atoms with Crippen LogP contribution in [-0.2, 0) is 9.59 Å². The van der Waals surface area contributed by atoms with Crippen LogP contribution >= 0.6 is 12.2 Å². The summed E-state index contributed by atoms with van der Waals surface area (Å²) in [5.41, 5.74) is -0.846. The molecule has 0 radical (unpaired) electrons. The molecule has 1 heterocycles. The number of nitro benzene ring substituents is 1. The van der Waals surface area contributed by atoms with Gasteiger partial charge in [0, 0.05) is 18.2 Å². The van der Waals surface area contributed by atoms with Crippen LogP contribution in [0.4, 0.5) is 5.69 Å². The smallest absolute Gasteiger partial charge is 0.311 e. The van der Waals surface area contributed by atoms with E-state index in [2.05, 4.69) is 11.9 Å². The van der Waals surface area contributed by atoms with Crippen LogP contribution in [-0.4, -0.2) is 38.4 Å². The molecule has 1 fully saturated rings. The molecule has 2 N–H and O–H groups in total. The van der Waals surface area contributed by atoms with Crippen LogP contribution in [0, 0.1) is 10.1 Å². The second-order valence-corrected chi connectivity index (χ2v) is 4.88. The van der Waals surface area contributed by atoms with Gasteiger partial charge in [-0.15, -0.1) is 6.58 Å². The highest BCUT2D eigenvalue weighted by Gasteiger charge is 2.33. The van der Waals surface area contributed by atoms with Crippen molar-refractivity contribution in [2.24, 2.45) is 0 Å². The second kappa shape index (κ2) is 6.36. The summed E-state index contributed by atoms with van der Waals surface area (Å²) in [4.78, 5) is 35.4. The lowest BCUT2D eigenvalue weighted by Crippen LogP contribution is -2.53. The summed E-state index contributed by atoms with van der Waals surface area (Å²) in [6.45, 7) is 3.59. The van der Waals surface area contributed by atoms with E-state index in [9.17, 15) is 24.8 Å². The van der Waals surface area contributed by atoms with Crippen LogP contribution in [0.2, 0.25) is 0 Å². The van der Waals surface area contributed by atoms with Crippen molar-refractivity contribution in [2.45, 2.75) is 0 Å². The minimum Gasteiger partial charge on any atom is -0.502 e. The van der Waals surface area contributed by atoms with Crippen molar-refractivity contribution < 1.29 is 19.6 Å². The summed E-state index contributed by atoms with van der Waals surface area (Å²) in [7, 11) is 0. The summed E-state index contributed by atoms with van der Waals surface area (Å²) >= 11 is 4.90. The first kappa shape index (κ1) is 16.3. The van der Waals surface area contributed by atoms with E-state index in [0.717, 1.165) is 17.0 Å². The zero-order chi connectivity index (χ0) is 17.1. The molecule has 2 rings (SSSR count). The average molecular weight is 333 g/mol. The predicted molar refractivity (Wildman–Crippen MR) is 85.4 cm³/mol. The van der Waals surface area contributed by atoms with Gasteiger partial charge in [-0.2, -0.15) is 0 Å². The van der Waals surface area contributed by atoms with Gasteiger partial charge in [0.05, 0.1) is 4.92 Å². The van der Waals surface area contributed by atoms with Crippen LogP contribution in [0.15, 0.2) is 36.4 Å². The second-order valence-electron chi connectivity index (χ2n) is 4.49. The zero-order valence-electron chi connectivity index (χ0n) is 11.7. The Morgan fingerprint density at radius 3 is 2.74 bits per heavy atom. The quantitative estimate of drug-likeness (QED) is 0.213. The lowest BCUT2D eigenvalue weighted by Gasteiger charge is -2.27. The molecule has 1 aromatic rings. The summed E-state index contributed by atoms with van der Waals surface area (Å²) < 4.78 is 0. The number of rotatable bonds is 4. The van der Waals surface area contributed by atoms with Gasteiger partial charge in [-0.25, -0.2) is 0 Å². The average Bonchev–Trinajstić information content (AvgIpc) is 2.49. The molecule has 23 heavy (non-hydrogen) atoms. The van der Waals surface area contributed by atoms with Gasteiger partial charge in [0.2, 0.25) is 5.75 Å². The summed E-state index contributed by atoms with van der Waals surface area (Å²) in [5.74, 6) is -2.05. The fourth-order valence-corrected chi connectivity index (χ4v) is 2.21. The molecular weight excluding hydrogens is 322 g/mol. The molecule has 0 saturated carbocycles. The number of nitro groups is 1. The van der Waals surface area contributed by atoms with Gasteiger partial charge in [-0.05, 0) is 18.3 Å². The SMILES string of the molecule is C=CCN1C(=O)/C(=C/c2cccc([N+](=O)[O-])c2O)C(=O)NC1=S. The minimum atomic E-state index is -0.765. The van der Waals surface area contributed by atoms with Crippen molar-refractivity contribution >= 4 is 40.9 Å². The van der Waals surface area contributed by atoms with Crippen LogP contribution in [0.3, 0.4) is 0 Å². The monoisotopic (exact) mass is 333 g/mol. The fraction of sp³-hybridized carbons (Fsp3) is 0.0714. The third kappa shape index (κ3) is 3.09. The van der Waals surface area contributed by atoms with E-state index in [4.69, 9.17) is 12.2 Å². The highest BCUT2D eigenvalue weighted by molar-refractivity contribution is 7.80. The molecule has 0 aliphatic carbocycles. The third-order valence-electron chi connectivity index (χ3n) is 3.04. The van der Waals surface area contributed by atoms with Gasteiger partial charge in [-0.1, -0.05) is 18.2 Å². The minimum absolute atomic E-state index is 0.0240. The van der Waals surface area contributed by atoms with Crippen LogP contribution in [0.5, 0.6) is 5.75 Å². The maximum atomic E-state index is 12.3. The van der Waals surface area contributed by atoms with E-state index < -0.39 is 28.2 Å². The van der Waals surface area contributed by atoms with Crippen molar-refractivity contribution in [3.8, 4) is 5.75 Å². The van der Waals surface area contributed by atoms with Gasteiger partial charge >= 0.3 is 5.69 Å². The molecular formula is C14H11N3O5S. The van der Waals surface area contributed by atoms with Crippen LogP contribution in [0.25, 0.3) is 6.08 Å². The molecule has 1 aromatic carbocycles. The Hall–Kier alpha value is -3.07. The molecule has 0 atom stereocenters. The fourth-order valence-electron chi connectivity index (χ4n) is 1.96. The Labute approximate surface area is 135 Å². The predicted octanol–water partition coefficient (Wildman–Crippen LogP) is 1.11. The molecule has 0 unspecified atom stereocenters. The Kier molecular flexibility index (Phi) is 4.51. The molecule has 1 aliphatic heterocycles. The van der Waals surface area contributed by atoms with E-state index in [1.165, 1.54) is 18.2 Å². The number of phenols is 1. The normalized spacial score (nSPS) is 16.4. The Morgan fingerprint density at radius 1 is 1.43 bits per heavy atom. The first-order chi connectivity index (χ1) is 10.9. The van der Waals surface area contributed by atoms with Crippen molar-refractivity contribution in [3.05, 3.63) is 52.1 Å². The highest BCUT2D eigenvalue weighted by Crippen LogP contribution is 2.31. The molecule has 9 heteroatoms. The molecule has 1 saturated heterocycles. The number of aromatic hydroxyl groups is 1. The molecule has 0 spiro atoms. The number of hydrogen-bond donors (Lipinski definition) is 2. The van der Waals surface area contributed by atoms with Crippen LogP contribution in [0.1, 0.15) is 5.56 Å². The molecule has 8 nitrogen and oxygen atoms in total. The van der Waals surface area contributed by atoms with Crippen molar-refractivity contribution in [1.82, 2.24) is 10.2 Å². The standard InChI is InChI=1S/C14H11N3O5S/c1-2-6-16-13(20)9(12(19)15-14(16)23)7-8-4-3-5-10(11(8)18)17(21)22/h2-5,7,18H,1,6H2,(H,15,19,23)/b9-7+. The molecule has 118 valence electrons. The van der Waals surface area contributed by atoms with Gasteiger partial charge < -0.3 is 5.11 Å². The Bertz CT molecular complexity index is 772. The van der Waals surface area contributed by atoms with Crippen molar-refractivity contribution in [1.29, 1.82) is 0 Å². The topological polar surface area (TPSA) is 113 Å². The number of amides is 2. The lowest BCUT2D eigenvalue weighted by atomic mass is 10.1. The number of thiocarbonyl (C=S) groups is 1. The molecule has 0 aromatic heterocycles. The summed E-state index contributed by atoms with van der Waals surface area (Å²) in [6, 6.07) is 3.79. The van der Waals surface area contributed by atoms with E-state index >= 15 is 0 Å². The number of para-hydroxylation sites is 1. The van der Waals surface area contributed by atoms with E-state index in [1.54, 1.807) is 0 Å². The Balaban J connectivity index is 2.49. The van der Waals surface area contributed by atoms with Gasteiger partial charge in [0.1, 0.15) is 5.57 Å². The third-order valence-corrected chi connectivity index (χ3v) is 3.36.